The predicted molar refractivity (Wildman–Crippen MR) is 94.5 cm³/mol. The van der Waals surface area contributed by atoms with Gasteiger partial charge >= 0.3 is 0 Å². The summed E-state index contributed by atoms with van der Waals surface area (Å²) in [5, 5.41) is 0. The zero-order chi connectivity index (χ0) is 17.4. The number of hydrogen-bond acceptors (Lipinski definition) is 4. The van der Waals surface area contributed by atoms with Gasteiger partial charge in [0.2, 0.25) is 10.0 Å². The molecule has 0 amide bonds. The highest BCUT2D eigenvalue weighted by molar-refractivity contribution is 7.89. The zero-order valence-electron chi connectivity index (χ0n) is 14.1. The molecule has 25 heavy (non-hydrogen) atoms. The van der Waals surface area contributed by atoms with Crippen LogP contribution in [-0.4, -0.2) is 32.5 Å². The lowest BCUT2D eigenvalue weighted by Crippen LogP contribution is -2.38. The molecule has 0 N–H and O–H groups in total. The van der Waals surface area contributed by atoms with Crippen molar-refractivity contribution in [3.63, 3.8) is 0 Å². The maximum Gasteiger partial charge on any atom is 0.243 e. The van der Waals surface area contributed by atoms with Gasteiger partial charge in [0.1, 0.15) is 0 Å². The van der Waals surface area contributed by atoms with Crippen LogP contribution in [0.2, 0.25) is 0 Å². The number of fused-ring (bicyclic) bond motifs is 2. The van der Waals surface area contributed by atoms with Crippen LogP contribution >= 0.6 is 0 Å². The first kappa shape index (κ1) is 16.4. The van der Waals surface area contributed by atoms with Crippen molar-refractivity contribution in [1.82, 2.24) is 4.31 Å². The van der Waals surface area contributed by atoms with Gasteiger partial charge in [-0.2, -0.15) is 4.31 Å². The fraction of sp³-hybridized carbons (Fsp3) is 0.368. The summed E-state index contributed by atoms with van der Waals surface area (Å²) in [7, 11) is -3.52. The number of nitrogens with zero attached hydrogens (tertiary/aromatic N) is 1. The number of rotatable bonds is 2. The van der Waals surface area contributed by atoms with E-state index in [9.17, 15) is 8.42 Å². The van der Waals surface area contributed by atoms with Gasteiger partial charge in [-0.1, -0.05) is 18.2 Å². The van der Waals surface area contributed by atoms with E-state index in [-0.39, 0.29) is 6.04 Å². The first-order valence-corrected chi connectivity index (χ1v) is 10.0. The highest BCUT2D eigenvalue weighted by atomic mass is 32.2. The van der Waals surface area contributed by atoms with E-state index in [2.05, 4.69) is 0 Å². The molecule has 2 aliphatic heterocycles. The van der Waals surface area contributed by atoms with E-state index in [4.69, 9.17) is 9.47 Å². The highest BCUT2D eigenvalue weighted by Crippen LogP contribution is 2.40. The third-order valence-electron chi connectivity index (χ3n) is 4.84. The van der Waals surface area contributed by atoms with E-state index >= 15 is 0 Å². The topological polar surface area (TPSA) is 55.8 Å². The largest absolute Gasteiger partial charge is 0.490 e. The van der Waals surface area contributed by atoms with Crippen LogP contribution < -0.4 is 9.47 Å². The zero-order valence-corrected chi connectivity index (χ0v) is 15.0. The average molecular weight is 359 g/mol. The predicted octanol–water partition coefficient (Wildman–Crippen LogP) is 3.16. The van der Waals surface area contributed by atoms with E-state index < -0.39 is 10.0 Å². The van der Waals surface area contributed by atoms with Gasteiger partial charge in [0, 0.05) is 19.0 Å². The summed E-state index contributed by atoms with van der Waals surface area (Å²) in [4.78, 5) is 0.333. The fourth-order valence-electron chi connectivity index (χ4n) is 3.51. The van der Waals surface area contributed by atoms with Gasteiger partial charge in [-0.05, 0) is 48.7 Å². The minimum absolute atomic E-state index is 0.244. The molecule has 0 aromatic heterocycles. The molecule has 5 nitrogen and oxygen atoms in total. The van der Waals surface area contributed by atoms with Crippen molar-refractivity contribution in [2.24, 2.45) is 0 Å². The molecule has 2 heterocycles. The van der Waals surface area contributed by atoms with Crippen molar-refractivity contribution < 1.29 is 17.9 Å². The quantitative estimate of drug-likeness (QED) is 0.826. The third-order valence-corrected chi connectivity index (χ3v) is 6.83. The molecule has 0 fully saturated rings. The van der Waals surface area contributed by atoms with Crippen LogP contribution in [0.15, 0.2) is 47.4 Å². The summed E-state index contributed by atoms with van der Waals surface area (Å²) >= 11 is 0. The average Bonchev–Trinajstić information content (AvgIpc) is 2.86. The Labute approximate surface area is 148 Å². The van der Waals surface area contributed by atoms with Crippen LogP contribution in [-0.2, 0) is 16.4 Å². The van der Waals surface area contributed by atoms with Crippen LogP contribution in [0, 0.1) is 0 Å². The van der Waals surface area contributed by atoms with Crippen LogP contribution in [0.3, 0.4) is 0 Å². The molecule has 0 aliphatic carbocycles. The Bertz CT molecular complexity index is 880. The van der Waals surface area contributed by atoms with Crippen molar-refractivity contribution >= 4 is 10.0 Å². The van der Waals surface area contributed by atoms with Gasteiger partial charge in [-0.25, -0.2) is 8.42 Å². The van der Waals surface area contributed by atoms with Crippen molar-refractivity contribution in [3.05, 3.63) is 53.6 Å². The maximum absolute atomic E-state index is 13.0. The third kappa shape index (κ3) is 2.89. The molecule has 2 aliphatic rings. The summed E-state index contributed by atoms with van der Waals surface area (Å²) in [5.41, 5.74) is 2.13. The second-order valence-electron chi connectivity index (χ2n) is 6.40. The Morgan fingerprint density at radius 1 is 1.04 bits per heavy atom. The van der Waals surface area contributed by atoms with Gasteiger partial charge in [0.15, 0.2) is 11.5 Å². The normalized spacial score (nSPS) is 20.6. The molecule has 1 atom stereocenters. The Morgan fingerprint density at radius 3 is 2.44 bits per heavy atom. The monoisotopic (exact) mass is 359 g/mol. The molecule has 132 valence electrons. The van der Waals surface area contributed by atoms with E-state index in [1.165, 1.54) is 0 Å². The molecule has 0 saturated carbocycles. The van der Waals surface area contributed by atoms with Crippen molar-refractivity contribution in [2.45, 2.75) is 30.7 Å². The molecular formula is C19H21NO4S. The Morgan fingerprint density at radius 2 is 1.72 bits per heavy atom. The molecule has 2 aromatic rings. The fourth-order valence-corrected chi connectivity index (χ4v) is 5.14. The summed E-state index contributed by atoms with van der Waals surface area (Å²) < 4.78 is 39.2. The van der Waals surface area contributed by atoms with E-state index in [0.717, 1.165) is 23.3 Å². The number of benzene rings is 2. The van der Waals surface area contributed by atoms with E-state index in [0.29, 0.717) is 36.8 Å². The molecular weight excluding hydrogens is 338 g/mol. The molecule has 0 spiro atoms. The van der Waals surface area contributed by atoms with Crippen LogP contribution in [0.5, 0.6) is 11.5 Å². The Balaban J connectivity index is 1.72. The van der Waals surface area contributed by atoms with Gasteiger partial charge in [-0.3, -0.25) is 0 Å². The van der Waals surface area contributed by atoms with E-state index in [1.54, 1.807) is 28.6 Å². The highest BCUT2D eigenvalue weighted by Gasteiger charge is 2.34. The Kier molecular flexibility index (Phi) is 4.17. The lowest BCUT2D eigenvalue weighted by Gasteiger charge is -2.34. The van der Waals surface area contributed by atoms with Crippen LogP contribution in [0.1, 0.15) is 30.5 Å². The Hall–Kier alpha value is -2.05. The van der Waals surface area contributed by atoms with Gasteiger partial charge in [0.05, 0.1) is 18.1 Å². The summed E-state index contributed by atoms with van der Waals surface area (Å²) in [6.07, 6.45) is 1.52. The summed E-state index contributed by atoms with van der Waals surface area (Å²) in [5.74, 6) is 1.48. The molecule has 0 radical (unpaired) electrons. The SMILES string of the molecule is C[C@@H]1c2cc3c(cc2CCN1S(=O)(=O)c1ccccc1)OCCCO3. The summed E-state index contributed by atoms with van der Waals surface area (Å²) in [6, 6.07) is 12.3. The second-order valence-corrected chi connectivity index (χ2v) is 8.29. The minimum Gasteiger partial charge on any atom is -0.490 e. The lowest BCUT2D eigenvalue weighted by molar-refractivity contribution is 0.296. The molecule has 6 heteroatoms. The number of sulfonamides is 1. The van der Waals surface area contributed by atoms with Crippen LogP contribution in [0.4, 0.5) is 0 Å². The number of hydrogen-bond donors (Lipinski definition) is 0. The number of ether oxygens (including phenoxy) is 2. The maximum atomic E-state index is 13.0. The van der Waals surface area contributed by atoms with Crippen molar-refractivity contribution in [3.8, 4) is 11.5 Å². The molecule has 0 bridgehead atoms. The van der Waals surface area contributed by atoms with E-state index in [1.807, 2.05) is 25.1 Å². The first-order valence-electron chi connectivity index (χ1n) is 8.57. The van der Waals surface area contributed by atoms with Gasteiger partial charge in [0.25, 0.3) is 0 Å². The lowest BCUT2D eigenvalue weighted by atomic mass is 9.94. The van der Waals surface area contributed by atoms with Gasteiger partial charge in [-0.15, -0.1) is 0 Å². The minimum atomic E-state index is -3.52. The van der Waals surface area contributed by atoms with Gasteiger partial charge < -0.3 is 9.47 Å². The molecule has 0 saturated heterocycles. The van der Waals surface area contributed by atoms with Crippen LogP contribution in [0.25, 0.3) is 0 Å². The van der Waals surface area contributed by atoms with Crippen molar-refractivity contribution in [2.75, 3.05) is 19.8 Å². The standard InChI is InChI=1S/C19H21NO4S/c1-14-17-13-19-18(23-10-5-11-24-19)12-15(17)8-9-20(14)25(21,22)16-6-3-2-4-7-16/h2-4,6-7,12-14H,5,8-11H2,1H3/t14-/m1/s1. The smallest absolute Gasteiger partial charge is 0.243 e. The first-order chi connectivity index (χ1) is 12.1. The summed E-state index contributed by atoms with van der Waals surface area (Å²) in [6.45, 7) is 3.66. The molecule has 2 aromatic carbocycles. The molecule has 0 unspecified atom stereocenters. The van der Waals surface area contributed by atoms with Crippen molar-refractivity contribution in [1.29, 1.82) is 0 Å². The second kappa shape index (κ2) is 6.35. The molecule has 4 rings (SSSR count).